The maximum absolute atomic E-state index is 14.9. The molecular weight excluding hydrogens is 449 g/mol. The van der Waals surface area contributed by atoms with Crippen LogP contribution in [0.25, 0.3) is 39.1 Å². The van der Waals surface area contributed by atoms with Gasteiger partial charge in [0, 0.05) is 29.2 Å². The Morgan fingerprint density at radius 2 is 1.39 bits per heavy atom. The Labute approximate surface area is 183 Å². The highest BCUT2D eigenvalue weighted by Gasteiger charge is 2.18. The van der Waals surface area contributed by atoms with Gasteiger partial charge < -0.3 is 4.74 Å². The SMILES string of the molecule is COc1cc(F)c(-c2ccc(-c3ccc4c(F)c(C=C(F)F)c(F)cc4c3)c(F)c2)c(F)c1. The summed E-state index contributed by atoms with van der Waals surface area (Å²) >= 11 is 0. The largest absolute Gasteiger partial charge is 0.497 e. The Kier molecular flexibility index (Phi) is 5.84. The van der Waals surface area contributed by atoms with Crippen molar-refractivity contribution in [2.24, 2.45) is 0 Å². The molecule has 0 aliphatic heterocycles. The summed E-state index contributed by atoms with van der Waals surface area (Å²) in [5, 5.41) is -0.110. The van der Waals surface area contributed by atoms with E-state index in [4.69, 9.17) is 4.74 Å². The molecule has 0 atom stereocenters. The number of rotatable bonds is 4. The second kappa shape index (κ2) is 8.61. The maximum atomic E-state index is 14.9. The molecule has 0 saturated heterocycles. The molecule has 0 N–H and O–H groups in total. The lowest BCUT2D eigenvalue weighted by Crippen LogP contribution is -1.95. The molecule has 0 spiro atoms. The fourth-order valence-electron chi connectivity index (χ4n) is 3.60. The fourth-order valence-corrected chi connectivity index (χ4v) is 3.60. The Morgan fingerprint density at radius 3 is 2.00 bits per heavy atom. The van der Waals surface area contributed by atoms with E-state index in [-0.39, 0.29) is 39.3 Å². The van der Waals surface area contributed by atoms with E-state index in [0.29, 0.717) is 0 Å². The monoisotopic (exact) mass is 462 g/mol. The lowest BCUT2D eigenvalue weighted by molar-refractivity contribution is 0.407. The first-order chi connectivity index (χ1) is 15.7. The summed E-state index contributed by atoms with van der Waals surface area (Å²) in [5.41, 5.74) is -1.15. The van der Waals surface area contributed by atoms with Gasteiger partial charge in [-0.3, -0.25) is 0 Å². The summed E-state index contributed by atoms with van der Waals surface area (Å²) < 4.78 is 102. The first-order valence-corrected chi connectivity index (χ1v) is 9.47. The molecule has 4 aromatic carbocycles. The molecule has 0 bridgehead atoms. The third-order valence-electron chi connectivity index (χ3n) is 5.14. The quantitative estimate of drug-likeness (QED) is 0.278. The Bertz CT molecular complexity index is 1400. The molecular formula is C25H13F7O. The van der Waals surface area contributed by atoms with E-state index in [1.807, 2.05) is 0 Å². The fraction of sp³-hybridized carbons (Fsp3) is 0.0400. The molecule has 0 unspecified atom stereocenters. The van der Waals surface area contributed by atoms with Gasteiger partial charge in [-0.2, -0.15) is 8.78 Å². The first kappa shape index (κ1) is 22.4. The smallest absolute Gasteiger partial charge is 0.271 e. The lowest BCUT2D eigenvalue weighted by Gasteiger charge is -2.11. The molecule has 0 saturated carbocycles. The maximum Gasteiger partial charge on any atom is 0.271 e. The van der Waals surface area contributed by atoms with Crippen LogP contribution in [0.3, 0.4) is 0 Å². The molecule has 0 fully saturated rings. The van der Waals surface area contributed by atoms with Crippen LogP contribution in [0.5, 0.6) is 5.75 Å². The standard InChI is InChI=1S/C25H13F7O/c1-33-15-9-21(28)24(22(29)10-15)13-3-4-16(19(26)7-13)12-2-5-17-14(6-12)8-20(27)18(25(17)32)11-23(30)31/h2-11H,1H3. The zero-order chi connectivity index (χ0) is 23.9. The van der Waals surface area contributed by atoms with Gasteiger partial charge in [0.1, 0.15) is 34.8 Å². The highest BCUT2D eigenvalue weighted by molar-refractivity contribution is 5.90. The average Bonchev–Trinajstić information content (AvgIpc) is 2.75. The molecule has 33 heavy (non-hydrogen) atoms. The van der Waals surface area contributed by atoms with E-state index in [0.717, 1.165) is 24.3 Å². The Balaban J connectivity index is 1.79. The van der Waals surface area contributed by atoms with Crippen molar-refractivity contribution in [2.45, 2.75) is 0 Å². The molecule has 0 radical (unpaired) electrons. The van der Waals surface area contributed by atoms with Crippen molar-refractivity contribution in [2.75, 3.05) is 7.11 Å². The van der Waals surface area contributed by atoms with E-state index < -0.39 is 46.3 Å². The van der Waals surface area contributed by atoms with Crippen molar-refractivity contribution in [3.8, 4) is 28.0 Å². The number of halogens is 7. The molecule has 0 aliphatic carbocycles. The van der Waals surface area contributed by atoms with Gasteiger partial charge in [0.15, 0.2) is 0 Å². The van der Waals surface area contributed by atoms with Gasteiger partial charge >= 0.3 is 0 Å². The van der Waals surface area contributed by atoms with Crippen LogP contribution in [0.1, 0.15) is 5.56 Å². The summed E-state index contributed by atoms with van der Waals surface area (Å²) in [7, 11) is 1.25. The topological polar surface area (TPSA) is 9.23 Å². The Morgan fingerprint density at radius 1 is 0.727 bits per heavy atom. The number of fused-ring (bicyclic) bond motifs is 1. The number of hydrogen-bond donors (Lipinski definition) is 0. The molecule has 0 aromatic heterocycles. The number of hydrogen-bond acceptors (Lipinski definition) is 1. The van der Waals surface area contributed by atoms with Crippen molar-refractivity contribution in [3.05, 3.63) is 95.3 Å². The van der Waals surface area contributed by atoms with Crippen molar-refractivity contribution in [3.63, 3.8) is 0 Å². The van der Waals surface area contributed by atoms with Crippen LogP contribution in [0.4, 0.5) is 30.7 Å². The first-order valence-electron chi connectivity index (χ1n) is 9.47. The highest BCUT2D eigenvalue weighted by Crippen LogP contribution is 2.35. The average molecular weight is 462 g/mol. The lowest BCUT2D eigenvalue weighted by atomic mass is 9.96. The summed E-state index contributed by atoms with van der Waals surface area (Å²) in [6, 6.07) is 10.1. The second-order valence-electron chi connectivity index (χ2n) is 7.12. The summed E-state index contributed by atoms with van der Waals surface area (Å²) in [6.07, 6.45) is -2.16. The van der Waals surface area contributed by atoms with E-state index in [1.165, 1.54) is 37.4 Å². The summed E-state index contributed by atoms with van der Waals surface area (Å²) in [6.45, 7) is 0. The minimum Gasteiger partial charge on any atom is -0.497 e. The number of ether oxygens (including phenoxy) is 1. The highest BCUT2D eigenvalue weighted by atomic mass is 19.3. The van der Waals surface area contributed by atoms with Crippen molar-refractivity contribution < 1.29 is 35.5 Å². The van der Waals surface area contributed by atoms with Gasteiger partial charge in [-0.15, -0.1) is 0 Å². The second-order valence-corrected chi connectivity index (χ2v) is 7.12. The van der Waals surface area contributed by atoms with Gasteiger partial charge in [0.05, 0.1) is 18.2 Å². The summed E-state index contributed by atoms with van der Waals surface area (Å²) in [4.78, 5) is 0. The zero-order valence-electron chi connectivity index (χ0n) is 16.8. The van der Waals surface area contributed by atoms with Gasteiger partial charge in [0.2, 0.25) is 0 Å². The number of methoxy groups -OCH3 is 1. The van der Waals surface area contributed by atoms with Gasteiger partial charge in [-0.05, 0) is 34.7 Å². The Hall–Kier alpha value is -3.81. The molecule has 0 aliphatic rings. The molecule has 1 nitrogen and oxygen atoms in total. The van der Waals surface area contributed by atoms with Crippen LogP contribution in [0.2, 0.25) is 0 Å². The van der Waals surface area contributed by atoms with Gasteiger partial charge in [0.25, 0.3) is 6.08 Å². The number of benzene rings is 4. The van der Waals surface area contributed by atoms with Crippen LogP contribution >= 0.6 is 0 Å². The van der Waals surface area contributed by atoms with E-state index in [1.54, 1.807) is 0 Å². The predicted octanol–water partition coefficient (Wildman–Crippen LogP) is 8.12. The molecule has 8 heteroatoms. The minimum atomic E-state index is -2.25. The molecule has 168 valence electrons. The van der Waals surface area contributed by atoms with Crippen molar-refractivity contribution in [1.82, 2.24) is 0 Å². The van der Waals surface area contributed by atoms with Crippen molar-refractivity contribution >= 4 is 16.8 Å². The van der Waals surface area contributed by atoms with Crippen LogP contribution < -0.4 is 4.74 Å². The van der Waals surface area contributed by atoms with E-state index >= 15 is 0 Å². The predicted molar refractivity (Wildman–Crippen MR) is 111 cm³/mol. The third-order valence-corrected chi connectivity index (χ3v) is 5.14. The van der Waals surface area contributed by atoms with Crippen LogP contribution in [-0.4, -0.2) is 7.11 Å². The van der Waals surface area contributed by atoms with Crippen LogP contribution in [0.15, 0.2) is 60.7 Å². The van der Waals surface area contributed by atoms with Gasteiger partial charge in [-0.1, -0.05) is 24.3 Å². The molecule has 0 heterocycles. The van der Waals surface area contributed by atoms with Crippen LogP contribution in [0, 0.1) is 29.1 Å². The van der Waals surface area contributed by atoms with Crippen LogP contribution in [-0.2, 0) is 0 Å². The minimum absolute atomic E-state index is 0.00886. The molecule has 0 amide bonds. The van der Waals surface area contributed by atoms with E-state index in [9.17, 15) is 30.7 Å². The van der Waals surface area contributed by atoms with Crippen molar-refractivity contribution in [1.29, 1.82) is 0 Å². The summed E-state index contributed by atoms with van der Waals surface area (Å²) in [5.74, 6) is -5.12. The third kappa shape index (κ3) is 4.16. The molecule has 4 rings (SSSR count). The normalized spacial score (nSPS) is 11.0. The van der Waals surface area contributed by atoms with E-state index in [2.05, 4.69) is 0 Å². The molecule has 4 aromatic rings. The van der Waals surface area contributed by atoms with Gasteiger partial charge in [-0.25, -0.2) is 22.0 Å². The zero-order valence-corrected chi connectivity index (χ0v) is 16.8.